The highest BCUT2D eigenvalue weighted by atomic mass is 15.3. The fraction of sp³-hybridized carbons (Fsp3) is 0.412. The smallest absolute Gasteiger partial charge is 0.0923 e. The molecule has 3 rings (SSSR count). The molecule has 2 aromatic heterocycles. The van der Waals surface area contributed by atoms with E-state index in [0.717, 1.165) is 30.7 Å². The van der Waals surface area contributed by atoms with Gasteiger partial charge in [-0.25, -0.2) is 0 Å². The van der Waals surface area contributed by atoms with Gasteiger partial charge in [0.15, 0.2) is 0 Å². The van der Waals surface area contributed by atoms with E-state index < -0.39 is 0 Å². The minimum atomic E-state index is 0.928. The number of para-hydroxylation sites is 1. The molecule has 3 aromatic rings. The molecule has 1 N–H and O–H groups in total. The van der Waals surface area contributed by atoms with E-state index in [2.05, 4.69) is 53.2 Å². The van der Waals surface area contributed by atoms with Crippen molar-refractivity contribution in [3.8, 4) is 0 Å². The molecular formula is C17H23N5. The lowest BCUT2D eigenvalue weighted by Crippen LogP contribution is -2.21. The van der Waals surface area contributed by atoms with Crippen LogP contribution in [-0.4, -0.2) is 38.5 Å². The summed E-state index contributed by atoms with van der Waals surface area (Å²) in [5, 5.41) is 13.2. The van der Waals surface area contributed by atoms with Crippen LogP contribution in [0.2, 0.25) is 0 Å². The molecule has 0 saturated heterocycles. The van der Waals surface area contributed by atoms with Crippen LogP contribution in [0.15, 0.2) is 24.3 Å². The summed E-state index contributed by atoms with van der Waals surface area (Å²) in [6.07, 6.45) is 0.968. The number of benzene rings is 1. The lowest BCUT2D eigenvalue weighted by Gasteiger charge is -2.16. The predicted octanol–water partition coefficient (Wildman–Crippen LogP) is 2.59. The van der Waals surface area contributed by atoms with Gasteiger partial charge in [-0.3, -0.25) is 9.78 Å². The summed E-state index contributed by atoms with van der Waals surface area (Å²) in [6.45, 7) is 6.13. The monoisotopic (exact) mass is 297 g/mol. The predicted molar refractivity (Wildman–Crippen MR) is 88.8 cm³/mol. The zero-order valence-corrected chi connectivity index (χ0v) is 13.7. The number of aromatic nitrogens is 4. The first-order valence-electron chi connectivity index (χ1n) is 7.66. The largest absolute Gasteiger partial charge is 0.302 e. The third-order valence-corrected chi connectivity index (χ3v) is 4.37. The van der Waals surface area contributed by atoms with Gasteiger partial charge in [0.25, 0.3) is 0 Å². The summed E-state index contributed by atoms with van der Waals surface area (Å²) in [7, 11) is 4.16. The van der Waals surface area contributed by atoms with Crippen molar-refractivity contribution in [3.05, 3.63) is 46.9 Å². The Kier molecular flexibility index (Phi) is 3.98. The van der Waals surface area contributed by atoms with Crippen LogP contribution in [-0.2, 0) is 20.0 Å². The Morgan fingerprint density at radius 3 is 2.73 bits per heavy atom. The maximum atomic E-state index is 4.49. The van der Waals surface area contributed by atoms with Crippen molar-refractivity contribution < 1.29 is 0 Å². The molecule has 0 fully saturated rings. The second-order valence-corrected chi connectivity index (χ2v) is 5.98. The highest BCUT2D eigenvalue weighted by Crippen LogP contribution is 2.17. The number of rotatable bonds is 5. The van der Waals surface area contributed by atoms with Gasteiger partial charge in [-0.2, -0.15) is 10.2 Å². The number of H-pyrrole nitrogens is 1. The summed E-state index contributed by atoms with van der Waals surface area (Å²) in [4.78, 5) is 2.34. The molecule has 0 spiro atoms. The molecule has 0 unspecified atom stereocenters. The van der Waals surface area contributed by atoms with Gasteiger partial charge >= 0.3 is 0 Å². The average molecular weight is 297 g/mol. The molecule has 0 radical (unpaired) electrons. The van der Waals surface area contributed by atoms with Gasteiger partial charge in [0, 0.05) is 48.9 Å². The first kappa shape index (κ1) is 14.8. The van der Waals surface area contributed by atoms with Crippen LogP contribution in [0.4, 0.5) is 0 Å². The lowest BCUT2D eigenvalue weighted by molar-refractivity contribution is 0.329. The molecule has 0 atom stereocenters. The van der Waals surface area contributed by atoms with Gasteiger partial charge in [-0.15, -0.1) is 0 Å². The maximum Gasteiger partial charge on any atom is 0.0923 e. The molecule has 0 saturated carbocycles. The van der Waals surface area contributed by atoms with Crippen LogP contribution in [0, 0.1) is 13.8 Å². The van der Waals surface area contributed by atoms with E-state index in [0.29, 0.717) is 0 Å². The minimum Gasteiger partial charge on any atom is -0.302 e. The average Bonchev–Trinajstić information content (AvgIpc) is 3.02. The molecule has 0 aliphatic rings. The van der Waals surface area contributed by atoms with E-state index in [1.54, 1.807) is 0 Å². The molecule has 5 nitrogen and oxygen atoms in total. The summed E-state index contributed by atoms with van der Waals surface area (Å²) in [5.41, 5.74) is 5.95. The Labute approximate surface area is 130 Å². The van der Waals surface area contributed by atoms with E-state index in [-0.39, 0.29) is 0 Å². The van der Waals surface area contributed by atoms with Crippen LogP contribution in [0.3, 0.4) is 0 Å². The number of fused-ring (bicyclic) bond motifs is 1. The number of likely N-dealkylation sites (N-methyl/N-ethyl adjacent to an activating group) is 1. The zero-order valence-electron chi connectivity index (χ0n) is 13.7. The van der Waals surface area contributed by atoms with E-state index in [4.69, 9.17) is 0 Å². The third-order valence-electron chi connectivity index (χ3n) is 4.37. The number of hydrogen-bond donors (Lipinski definition) is 1. The Balaban J connectivity index is 1.66. The van der Waals surface area contributed by atoms with Gasteiger partial charge in [0.05, 0.1) is 11.2 Å². The number of aromatic amines is 1. The number of aryl methyl sites for hydroxylation is 2. The van der Waals surface area contributed by atoms with Crippen molar-refractivity contribution in [1.29, 1.82) is 0 Å². The highest BCUT2D eigenvalue weighted by molar-refractivity contribution is 5.81. The molecule has 0 amide bonds. The van der Waals surface area contributed by atoms with Crippen molar-refractivity contribution in [1.82, 2.24) is 24.9 Å². The van der Waals surface area contributed by atoms with E-state index in [1.807, 2.05) is 23.9 Å². The molecule has 2 heterocycles. The van der Waals surface area contributed by atoms with E-state index in [1.165, 1.54) is 22.3 Å². The standard InChI is InChI=1S/C17H23N5/c1-12-15(13(2)22(4)20-12)11-21(3)10-9-17-14-7-5-6-8-16(14)18-19-17/h5-8H,9-11H2,1-4H3,(H,18,19). The Morgan fingerprint density at radius 2 is 2.00 bits per heavy atom. The molecule has 0 bridgehead atoms. The van der Waals surface area contributed by atoms with Crippen LogP contribution >= 0.6 is 0 Å². The number of hydrogen-bond acceptors (Lipinski definition) is 3. The molecule has 0 aliphatic heterocycles. The van der Waals surface area contributed by atoms with Crippen LogP contribution < -0.4 is 0 Å². The molecular weight excluding hydrogens is 274 g/mol. The Hall–Kier alpha value is -2.14. The molecule has 22 heavy (non-hydrogen) atoms. The lowest BCUT2D eigenvalue weighted by atomic mass is 10.1. The molecule has 0 aliphatic carbocycles. The van der Waals surface area contributed by atoms with Crippen LogP contribution in [0.25, 0.3) is 10.9 Å². The van der Waals surface area contributed by atoms with E-state index >= 15 is 0 Å². The normalized spacial score (nSPS) is 11.7. The van der Waals surface area contributed by atoms with Crippen molar-refractivity contribution in [2.45, 2.75) is 26.8 Å². The van der Waals surface area contributed by atoms with Gasteiger partial charge < -0.3 is 4.90 Å². The first-order chi connectivity index (χ1) is 10.6. The fourth-order valence-corrected chi connectivity index (χ4v) is 2.90. The molecule has 5 heteroatoms. The number of nitrogens with zero attached hydrogens (tertiary/aromatic N) is 4. The summed E-state index contributed by atoms with van der Waals surface area (Å²) >= 11 is 0. The Morgan fingerprint density at radius 1 is 1.23 bits per heavy atom. The van der Waals surface area contributed by atoms with Crippen molar-refractivity contribution in [2.75, 3.05) is 13.6 Å². The van der Waals surface area contributed by atoms with Crippen molar-refractivity contribution >= 4 is 10.9 Å². The maximum absolute atomic E-state index is 4.49. The van der Waals surface area contributed by atoms with Crippen molar-refractivity contribution in [3.63, 3.8) is 0 Å². The molecule has 116 valence electrons. The van der Waals surface area contributed by atoms with Gasteiger partial charge in [0.1, 0.15) is 0 Å². The van der Waals surface area contributed by atoms with Crippen LogP contribution in [0.5, 0.6) is 0 Å². The quantitative estimate of drug-likeness (QED) is 0.787. The van der Waals surface area contributed by atoms with E-state index in [9.17, 15) is 0 Å². The van der Waals surface area contributed by atoms with Gasteiger partial charge in [-0.1, -0.05) is 18.2 Å². The number of nitrogens with one attached hydrogen (secondary N) is 1. The van der Waals surface area contributed by atoms with Crippen LogP contribution in [0.1, 0.15) is 22.6 Å². The first-order valence-corrected chi connectivity index (χ1v) is 7.66. The van der Waals surface area contributed by atoms with Gasteiger partial charge in [0.2, 0.25) is 0 Å². The second-order valence-electron chi connectivity index (χ2n) is 5.98. The Bertz CT molecular complexity index is 784. The molecule has 1 aromatic carbocycles. The summed E-state index contributed by atoms with van der Waals surface area (Å²) in [6, 6.07) is 8.26. The summed E-state index contributed by atoms with van der Waals surface area (Å²) in [5.74, 6) is 0. The van der Waals surface area contributed by atoms with Gasteiger partial charge in [-0.05, 0) is 27.0 Å². The zero-order chi connectivity index (χ0) is 15.7. The fourth-order valence-electron chi connectivity index (χ4n) is 2.90. The SMILES string of the molecule is Cc1nn(C)c(C)c1CN(C)CCc1[nH]nc2ccccc12. The highest BCUT2D eigenvalue weighted by Gasteiger charge is 2.12. The summed E-state index contributed by atoms with van der Waals surface area (Å²) < 4.78 is 1.96. The minimum absolute atomic E-state index is 0.928. The third kappa shape index (κ3) is 2.76. The topological polar surface area (TPSA) is 49.7 Å². The van der Waals surface area contributed by atoms with Crippen molar-refractivity contribution in [2.24, 2.45) is 7.05 Å². The second kappa shape index (κ2) is 5.93.